The first-order valence-corrected chi connectivity index (χ1v) is 7.04. The van der Waals surface area contributed by atoms with Crippen molar-refractivity contribution >= 4 is 5.91 Å². The van der Waals surface area contributed by atoms with Gasteiger partial charge in [-0.15, -0.1) is 0 Å². The van der Waals surface area contributed by atoms with Gasteiger partial charge in [0.05, 0.1) is 11.6 Å². The van der Waals surface area contributed by atoms with Crippen molar-refractivity contribution < 1.29 is 4.79 Å². The molecule has 19 heavy (non-hydrogen) atoms. The zero-order valence-corrected chi connectivity index (χ0v) is 11.8. The van der Waals surface area contributed by atoms with E-state index in [9.17, 15) is 4.79 Å². The molecule has 5 nitrogen and oxygen atoms in total. The van der Waals surface area contributed by atoms with Crippen molar-refractivity contribution in [1.82, 2.24) is 15.5 Å². The molecule has 0 aromatic carbocycles. The lowest BCUT2D eigenvalue weighted by atomic mass is 9.62. The minimum atomic E-state index is -0.287. The fourth-order valence-electron chi connectivity index (χ4n) is 3.01. The molecular formula is C14H24N4O. The number of hydrogen-bond donors (Lipinski definition) is 3. The molecule has 1 heterocycles. The van der Waals surface area contributed by atoms with Gasteiger partial charge in [-0.2, -0.15) is 5.10 Å². The Morgan fingerprint density at radius 2 is 2.37 bits per heavy atom. The van der Waals surface area contributed by atoms with Crippen molar-refractivity contribution in [3.05, 3.63) is 17.5 Å². The van der Waals surface area contributed by atoms with Gasteiger partial charge in [0.25, 0.3) is 0 Å². The second-order valence-corrected chi connectivity index (χ2v) is 5.88. The van der Waals surface area contributed by atoms with E-state index in [0.717, 1.165) is 31.4 Å². The third kappa shape index (κ3) is 2.97. The summed E-state index contributed by atoms with van der Waals surface area (Å²) in [6.07, 6.45) is 5.58. The first-order chi connectivity index (χ1) is 9.07. The lowest BCUT2D eigenvalue weighted by molar-refractivity contribution is -0.138. The minimum Gasteiger partial charge on any atom is -0.356 e. The second-order valence-electron chi connectivity index (χ2n) is 5.88. The maximum atomic E-state index is 12.1. The molecule has 0 radical (unpaired) electrons. The van der Waals surface area contributed by atoms with Crippen LogP contribution in [0.5, 0.6) is 0 Å². The fraction of sp³-hybridized carbons (Fsp3) is 0.714. The normalized spacial score (nSPS) is 25.9. The quantitative estimate of drug-likeness (QED) is 0.674. The number of rotatable bonds is 6. The number of amides is 1. The van der Waals surface area contributed by atoms with Gasteiger partial charge in [-0.05, 0) is 44.1 Å². The van der Waals surface area contributed by atoms with Crippen molar-refractivity contribution in [2.24, 2.45) is 17.1 Å². The Morgan fingerprint density at radius 1 is 1.63 bits per heavy atom. The average Bonchev–Trinajstić information content (AvgIpc) is 2.76. The molecule has 106 valence electrons. The van der Waals surface area contributed by atoms with Gasteiger partial charge < -0.3 is 11.1 Å². The van der Waals surface area contributed by atoms with Gasteiger partial charge in [-0.25, -0.2) is 0 Å². The Bertz CT molecular complexity index is 434. The molecule has 1 fully saturated rings. The van der Waals surface area contributed by atoms with Gasteiger partial charge in [-0.3, -0.25) is 9.89 Å². The third-order valence-corrected chi connectivity index (χ3v) is 4.19. The van der Waals surface area contributed by atoms with E-state index < -0.39 is 0 Å². The zero-order valence-electron chi connectivity index (χ0n) is 11.8. The highest BCUT2D eigenvalue weighted by Crippen LogP contribution is 2.44. The highest BCUT2D eigenvalue weighted by Gasteiger charge is 2.46. The number of nitrogens with zero attached hydrogens (tertiary/aromatic N) is 1. The van der Waals surface area contributed by atoms with Crippen molar-refractivity contribution in [2.45, 2.75) is 39.5 Å². The van der Waals surface area contributed by atoms with Crippen LogP contribution in [-0.4, -0.2) is 29.2 Å². The first kappa shape index (κ1) is 14.1. The molecule has 0 aliphatic heterocycles. The Labute approximate surface area is 114 Å². The Hall–Kier alpha value is -1.36. The van der Waals surface area contributed by atoms with Crippen LogP contribution in [0.3, 0.4) is 0 Å². The highest BCUT2D eigenvalue weighted by molar-refractivity contribution is 5.83. The van der Waals surface area contributed by atoms with Crippen LogP contribution < -0.4 is 11.1 Å². The van der Waals surface area contributed by atoms with Crippen LogP contribution >= 0.6 is 0 Å². The van der Waals surface area contributed by atoms with Crippen LogP contribution in [0.15, 0.2) is 6.20 Å². The average molecular weight is 264 g/mol. The molecule has 0 saturated heterocycles. The van der Waals surface area contributed by atoms with Gasteiger partial charge in [0.1, 0.15) is 0 Å². The molecule has 2 rings (SSSR count). The van der Waals surface area contributed by atoms with Gasteiger partial charge in [-0.1, -0.05) is 6.92 Å². The van der Waals surface area contributed by atoms with Gasteiger partial charge >= 0.3 is 0 Å². The zero-order chi connectivity index (χ0) is 13.9. The SMILES string of the molecule is Cc1[nH]ncc1CCCNC(=O)C1(CN)CC(C)C1. The van der Waals surface area contributed by atoms with E-state index in [1.54, 1.807) is 0 Å². The minimum absolute atomic E-state index is 0.136. The van der Waals surface area contributed by atoms with Gasteiger partial charge in [0, 0.05) is 18.8 Å². The number of carbonyl (C=O) groups is 1. The smallest absolute Gasteiger partial charge is 0.227 e. The number of nitrogens with two attached hydrogens (primary N) is 1. The second kappa shape index (κ2) is 5.74. The molecule has 1 aliphatic carbocycles. The van der Waals surface area contributed by atoms with Crippen molar-refractivity contribution in [3.8, 4) is 0 Å². The van der Waals surface area contributed by atoms with E-state index in [4.69, 9.17) is 5.73 Å². The summed E-state index contributed by atoms with van der Waals surface area (Å²) in [6.45, 7) is 5.35. The lowest BCUT2D eigenvalue weighted by Gasteiger charge is -2.44. The Morgan fingerprint density at radius 3 is 2.89 bits per heavy atom. The highest BCUT2D eigenvalue weighted by atomic mass is 16.2. The fourth-order valence-corrected chi connectivity index (χ4v) is 3.01. The topological polar surface area (TPSA) is 83.8 Å². The number of hydrogen-bond acceptors (Lipinski definition) is 3. The van der Waals surface area contributed by atoms with E-state index in [2.05, 4.69) is 22.4 Å². The van der Waals surface area contributed by atoms with Crippen LogP contribution in [0.25, 0.3) is 0 Å². The Kier molecular flexibility index (Phi) is 4.24. The molecule has 0 bridgehead atoms. The van der Waals surface area contributed by atoms with Crippen molar-refractivity contribution in [3.63, 3.8) is 0 Å². The molecule has 1 aliphatic rings. The van der Waals surface area contributed by atoms with Crippen LogP contribution in [0, 0.1) is 18.3 Å². The summed E-state index contributed by atoms with van der Waals surface area (Å²) in [5.74, 6) is 0.764. The third-order valence-electron chi connectivity index (χ3n) is 4.19. The monoisotopic (exact) mass is 264 g/mol. The molecule has 1 aromatic heterocycles. The molecule has 1 aromatic rings. The number of nitrogens with one attached hydrogen (secondary N) is 2. The summed E-state index contributed by atoms with van der Waals surface area (Å²) in [5.41, 5.74) is 7.80. The molecule has 0 spiro atoms. The predicted octanol–water partition coefficient (Wildman–Crippen LogP) is 1.14. The number of aromatic nitrogens is 2. The summed E-state index contributed by atoms with van der Waals surface area (Å²) in [5, 5.41) is 9.94. The van der Waals surface area contributed by atoms with Crippen molar-refractivity contribution in [1.29, 1.82) is 0 Å². The summed E-state index contributed by atoms with van der Waals surface area (Å²) in [7, 11) is 0. The maximum absolute atomic E-state index is 12.1. The van der Waals surface area contributed by atoms with Crippen LogP contribution in [0.4, 0.5) is 0 Å². The number of H-pyrrole nitrogens is 1. The summed E-state index contributed by atoms with van der Waals surface area (Å²) in [6, 6.07) is 0. The van der Waals surface area contributed by atoms with E-state index >= 15 is 0 Å². The number of aryl methyl sites for hydroxylation is 2. The van der Waals surface area contributed by atoms with E-state index in [1.807, 2.05) is 13.1 Å². The Balaban J connectivity index is 1.71. The van der Waals surface area contributed by atoms with E-state index in [1.165, 1.54) is 5.56 Å². The number of aromatic amines is 1. The molecule has 4 N–H and O–H groups in total. The van der Waals surface area contributed by atoms with Gasteiger partial charge in [0.2, 0.25) is 5.91 Å². The van der Waals surface area contributed by atoms with Crippen LogP contribution in [0.1, 0.15) is 37.4 Å². The summed E-state index contributed by atoms with van der Waals surface area (Å²) < 4.78 is 0. The molecule has 5 heteroatoms. The van der Waals surface area contributed by atoms with E-state index in [0.29, 0.717) is 19.0 Å². The first-order valence-electron chi connectivity index (χ1n) is 7.04. The molecule has 1 amide bonds. The molecule has 0 unspecified atom stereocenters. The molecular weight excluding hydrogens is 240 g/mol. The van der Waals surface area contributed by atoms with Crippen LogP contribution in [0.2, 0.25) is 0 Å². The van der Waals surface area contributed by atoms with Crippen molar-refractivity contribution in [2.75, 3.05) is 13.1 Å². The van der Waals surface area contributed by atoms with Gasteiger partial charge in [0.15, 0.2) is 0 Å². The largest absolute Gasteiger partial charge is 0.356 e. The maximum Gasteiger partial charge on any atom is 0.227 e. The molecule has 1 saturated carbocycles. The number of carbonyl (C=O) groups excluding carboxylic acids is 1. The predicted molar refractivity (Wildman–Crippen MR) is 74.5 cm³/mol. The summed E-state index contributed by atoms with van der Waals surface area (Å²) in [4.78, 5) is 12.1. The van der Waals surface area contributed by atoms with E-state index in [-0.39, 0.29) is 11.3 Å². The molecule has 0 atom stereocenters. The standard InChI is InChI=1S/C14H24N4O/c1-10-6-14(7-10,9-15)13(19)16-5-3-4-12-8-17-18-11(12)2/h8,10H,3-7,9,15H2,1-2H3,(H,16,19)(H,17,18). The lowest BCUT2D eigenvalue weighted by Crippen LogP contribution is -2.53. The summed E-state index contributed by atoms with van der Waals surface area (Å²) >= 11 is 0. The van der Waals surface area contributed by atoms with Crippen LogP contribution in [-0.2, 0) is 11.2 Å².